The highest BCUT2D eigenvalue weighted by Crippen LogP contribution is 2.42. The van der Waals surface area contributed by atoms with Crippen molar-refractivity contribution in [3.63, 3.8) is 0 Å². The van der Waals surface area contributed by atoms with E-state index in [9.17, 15) is 0 Å². The van der Waals surface area contributed by atoms with Crippen LogP contribution in [0, 0.1) is 0 Å². The van der Waals surface area contributed by atoms with Gasteiger partial charge in [0.05, 0.1) is 13.2 Å². The van der Waals surface area contributed by atoms with Gasteiger partial charge in [0.1, 0.15) is 5.75 Å². The summed E-state index contributed by atoms with van der Waals surface area (Å²) in [7, 11) is 6.20. The maximum Gasteiger partial charge on any atom is 0.119 e. The molecule has 0 amide bonds. The summed E-state index contributed by atoms with van der Waals surface area (Å²) in [5.74, 6) is 0.945. The van der Waals surface area contributed by atoms with Gasteiger partial charge in [-0.05, 0) is 51.2 Å². The molecule has 0 radical (unpaired) electrons. The molecule has 0 bridgehead atoms. The molecule has 1 aliphatic carbocycles. The molecular weight excluding hydrogens is 260 g/mol. The molecular formula is C18H30N2O. The highest BCUT2D eigenvalue weighted by molar-refractivity contribution is 5.33. The molecule has 1 atom stereocenters. The number of likely N-dealkylation sites (N-methyl/N-ethyl adjacent to an activating group) is 2. The van der Waals surface area contributed by atoms with Crippen LogP contribution >= 0.6 is 0 Å². The Bertz CT molecular complexity index is 439. The molecule has 0 aromatic heterocycles. The van der Waals surface area contributed by atoms with Gasteiger partial charge in [-0.25, -0.2) is 0 Å². The van der Waals surface area contributed by atoms with E-state index in [2.05, 4.69) is 49.4 Å². The first-order valence-corrected chi connectivity index (χ1v) is 8.19. The van der Waals surface area contributed by atoms with E-state index < -0.39 is 0 Å². The molecule has 1 aromatic rings. The van der Waals surface area contributed by atoms with Crippen LogP contribution in [0.1, 0.15) is 50.6 Å². The van der Waals surface area contributed by atoms with Gasteiger partial charge in [-0.15, -0.1) is 0 Å². The zero-order valence-corrected chi connectivity index (χ0v) is 14.0. The summed E-state index contributed by atoms with van der Waals surface area (Å²) in [6.45, 7) is 3.18. The standard InChI is InChI=1S/C18H30N2O/c1-5-19-17(15-10-9-11-16(14-15)21-4)18(20(2)3)12-7-6-8-13-18/h9-11,14,17,19H,5-8,12-13H2,1-4H3. The van der Waals surface area contributed by atoms with Crippen molar-refractivity contribution in [1.29, 1.82) is 0 Å². The maximum absolute atomic E-state index is 5.42. The Labute approximate surface area is 129 Å². The van der Waals surface area contributed by atoms with Crippen molar-refractivity contribution >= 4 is 0 Å². The van der Waals surface area contributed by atoms with E-state index in [4.69, 9.17) is 4.74 Å². The third-order valence-corrected chi connectivity index (χ3v) is 4.98. The number of hydrogen-bond donors (Lipinski definition) is 1. The summed E-state index contributed by atoms with van der Waals surface area (Å²) in [5.41, 5.74) is 1.55. The topological polar surface area (TPSA) is 24.5 Å². The van der Waals surface area contributed by atoms with E-state index in [1.807, 2.05) is 6.07 Å². The van der Waals surface area contributed by atoms with Gasteiger partial charge in [-0.1, -0.05) is 38.3 Å². The van der Waals surface area contributed by atoms with Crippen molar-refractivity contribution < 1.29 is 4.74 Å². The molecule has 0 heterocycles. The van der Waals surface area contributed by atoms with Crippen LogP contribution in [0.2, 0.25) is 0 Å². The Kier molecular flexibility index (Phi) is 5.65. The lowest BCUT2D eigenvalue weighted by Crippen LogP contribution is -2.54. The highest BCUT2D eigenvalue weighted by Gasteiger charge is 2.42. The monoisotopic (exact) mass is 290 g/mol. The van der Waals surface area contributed by atoms with Crippen LogP contribution in [0.5, 0.6) is 5.75 Å². The molecule has 1 saturated carbocycles. The van der Waals surface area contributed by atoms with E-state index in [-0.39, 0.29) is 5.54 Å². The van der Waals surface area contributed by atoms with Crippen LogP contribution < -0.4 is 10.1 Å². The molecule has 21 heavy (non-hydrogen) atoms. The summed E-state index contributed by atoms with van der Waals surface area (Å²) >= 11 is 0. The Hall–Kier alpha value is -1.06. The number of benzene rings is 1. The van der Waals surface area contributed by atoms with E-state index in [0.29, 0.717) is 6.04 Å². The van der Waals surface area contributed by atoms with Crippen molar-refractivity contribution in [1.82, 2.24) is 10.2 Å². The Balaban J connectivity index is 2.39. The first kappa shape index (κ1) is 16.3. The first-order chi connectivity index (χ1) is 10.1. The molecule has 1 fully saturated rings. The minimum Gasteiger partial charge on any atom is -0.497 e. The second-order valence-corrected chi connectivity index (χ2v) is 6.33. The summed E-state index contributed by atoms with van der Waals surface area (Å²) < 4.78 is 5.42. The lowest BCUT2D eigenvalue weighted by molar-refractivity contribution is 0.0569. The fourth-order valence-electron chi connectivity index (χ4n) is 3.80. The first-order valence-electron chi connectivity index (χ1n) is 8.19. The summed E-state index contributed by atoms with van der Waals surface area (Å²) in [4.78, 5) is 2.44. The lowest BCUT2D eigenvalue weighted by atomic mass is 9.73. The van der Waals surface area contributed by atoms with Crippen LogP contribution in [0.25, 0.3) is 0 Å². The maximum atomic E-state index is 5.42. The van der Waals surface area contributed by atoms with E-state index in [1.54, 1.807) is 7.11 Å². The minimum atomic E-state index is 0.209. The van der Waals surface area contributed by atoms with Crippen molar-refractivity contribution in [2.24, 2.45) is 0 Å². The number of methoxy groups -OCH3 is 1. The predicted molar refractivity (Wildman–Crippen MR) is 88.9 cm³/mol. The van der Waals surface area contributed by atoms with Gasteiger partial charge < -0.3 is 15.0 Å². The smallest absolute Gasteiger partial charge is 0.119 e. The highest BCUT2D eigenvalue weighted by atomic mass is 16.5. The Morgan fingerprint density at radius 3 is 2.52 bits per heavy atom. The van der Waals surface area contributed by atoms with Crippen molar-refractivity contribution in [3.05, 3.63) is 29.8 Å². The van der Waals surface area contributed by atoms with Crippen LogP contribution in [-0.4, -0.2) is 38.2 Å². The fourth-order valence-corrected chi connectivity index (χ4v) is 3.80. The number of hydrogen-bond acceptors (Lipinski definition) is 3. The molecule has 3 nitrogen and oxygen atoms in total. The van der Waals surface area contributed by atoms with Gasteiger partial charge >= 0.3 is 0 Å². The van der Waals surface area contributed by atoms with Gasteiger partial charge in [-0.2, -0.15) is 0 Å². The molecule has 0 saturated heterocycles. The second kappa shape index (κ2) is 7.28. The molecule has 0 spiro atoms. The van der Waals surface area contributed by atoms with Gasteiger partial charge in [-0.3, -0.25) is 0 Å². The molecule has 1 unspecified atom stereocenters. The van der Waals surface area contributed by atoms with Crippen LogP contribution in [0.3, 0.4) is 0 Å². The number of rotatable bonds is 6. The molecule has 2 rings (SSSR count). The van der Waals surface area contributed by atoms with Crippen LogP contribution in [0.15, 0.2) is 24.3 Å². The molecule has 0 aliphatic heterocycles. The largest absolute Gasteiger partial charge is 0.497 e. The van der Waals surface area contributed by atoms with E-state index in [1.165, 1.54) is 37.7 Å². The van der Waals surface area contributed by atoms with Crippen molar-refractivity contribution in [3.8, 4) is 5.75 Å². The zero-order chi connectivity index (χ0) is 15.3. The number of nitrogens with zero attached hydrogens (tertiary/aromatic N) is 1. The molecule has 1 N–H and O–H groups in total. The van der Waals surface area contributed by atoms with E-state index in [0.717, 1.165) is 12.3 Å². The molecule has 118 valence electrons. The molecule has 1 aromatic carbocycles. The second-order valence-electron chi connectivity index (χ2n) is 6.33. The predicted octanol–water partition coefficient (Wildman–Crippen LogP) is 3.61. The van der Waals surface area contributed by atoms with Crippen LogP contribution in [0.4, 0.5) is 0 Å². The number of nitrogens with one attached hydrogen (secondary N) is 1. The SMILES string of the molecule is CCNC(c1cccc(OC)c1)C1(N(C)C)CCCCC1. The quantitative estimate of drug-likeness (QED) is 0.866. The zero-order valence-electron chi connectivity index (χ0n) is 14.0. The number of ether oxygens (including phenoxy) is 1. The summed E-state index contributed by atoms with van der Waals surface area (Å²) in [5, 5.41) is 3.74. The Morgan fingerprint density at radius 2 is 1.95 bits per heavy atom. The third-order valence-electron chi connectivity index (χ3n) is 4.98. The molecule has 3 heteroatoms. The van der Waals surface area contributed by atoms with Crippen LogP contribution in [-0.2, 0) is 0 Å². The fraction of sp³-hybridized carbons (Fsp3) is 0.667. The normalized spacial score (nSPS) is 19.5. The Morgan fingerprint density at radius 1 is 1.24 bits per heavy atom. The van der Waals surface area contributed by atoms with Gasteiger partial charge in [0, 0.05) is 5.54 Å². The molecule has 1 aliphatic rings. The average molecular weight is 290 g/mol. The van der Waals surface area contributed by atoms with E-state index >= 15 is 0 Å². The summed E-state index contributed by atoms with van der Waals surface area (Å²) in [6, 6.07) is 8.90. The third kappa shape index (κ3) is 3.41. The van der Waals surface area contributed by atoms with Crippen molar-refractivity contribution in [2.75, 3.05) is 27.7 Å². The van der Waals surface area contributed by atoms with Gasteiger partial charge in [0.2, 0.25) is 0 Å². The lowest BCUT2D eigenvalue weighted by Gasteiger charge is -2.49. The van der Waals surface area contributed by atoms with Crippen molar-refractivity contribution in [2.45, 2.75) is 50.6 Å². The minimum absolute atomic E-state index is 0.209. The average Bonchev–Trinajstić information content (AvgIpc) is 2.53. The van der Waals surface area contributed by atoms with Gasteiger partial charge in [0.25, 0.3) is 0 Å². The van der Waals surface area contributed by atoms with Gasteiger partial charge in [0.15, 0.2) is 0 Å². The summed E-state index contributed by atoms with van der Waals surface area (Å²) in [6.07, 6.45) is 6.53.